The largest absolute Gasteiger partial charge is 0.377 e. The number of rotatable bonds is 6. The van der Waals surface area contributed by atoms with Crippen molar-refractivity contribution in [2.24, 2.45) is 5.73 Å². The Morgan fingerprint density at radius 1 is 1.35 bits per heavy atom. The Hall–Kier alpha value is -0.650. The third kappa shape index (κ3) is 4.43. The average molecular weight is 283 g/mol. The molecule has 2 heterocycles. The summed E-state index contributed by atoms with van der Waals surface area (Å²) in [6.07, 6.45) is 6.68. The lowest BCUT2D eigenvalue weighted by molar-refractivity contribution is -0.133. The molecule has 0 bridgehead atoms. The maximum atomic E-state index is 12.3. The molecule has 2 fully saturated rings. The second-order valence-corrected chi connectivity index (χ2v) is 6.11. The Morgan fingerprint density at radius 2 is 2.10 bits per heavy atom. The highest BCUT2D eigenvalue weighted by molar-refractivity contribution is 5.76. The van der Waals surface area contributed by atoms with Crippen molar-refractivity contribution in [1.82, 2.24) is 9.80 Å². The number of carbonyl (C=O) groups excluding carboxylic acids is 1. The van der Waals surface area contributed by atoms with E-state index in [1.807, 2.05) is 4.90 Å². The van der Waals surface area contributed by atoms with Crippen LogP contribution in [0.5, 0.6) is 0 Å². The smallest absolute Gasteiger partial charge is 0.224 e. The summed E-state index contributed by atoms with van der Waals surface area (Å²) >= 11 is 0. The molecule has 2 saturated heterocycles. The van der Waals surface area contributed by atoms with Crippen LogP contribution in [0.4, 0.5) is 0 Å². The highest BCUT2D eigenvalue weighted by Gasteiger charge is 2.25. The van der Waals surface area contributed by atoms with Gasteiger partial charge in [-0.3, -0.25) is 9.69 Å². The number of likely N-dealkylation sites (tertiary alicyclic amines) is 1. The number of amides is 1. The Labute approximate surface area is 122 Å². The monoisotopic (exact) mass is 283 g/mol. The van der Waals surface area contributed by atoms with Crippen LogP contribution in [0.1, 0.15) is 38.5 Å². The van der Waals surface area contributed by atoms with Crippen molar-refractivity contribution in [2.45, 2.75) is 50.7 Å². The Bertz CT molecular complexity index is 299. The number of carbonyl (C=O) groups is 1. The van der Waals surface area contributed by atoms with Gasteiger partial charge < -0.3 is 15.4 Å². The maximum absolute atomic E-state index is 12.3. The first kappa shape index (κ1) is 15.7. The van der Waals surface area contributed by atoms with Crippen molar-refractivity contribution in [3.05, 3.63) is 0 Å². The van der Waals surface area contributed by atoms with Crippen molar-refractivity contribution in [2.75, 3.05) is 39.8 Å². The fraction of sp³-hybridized carbons (Fsp3) is 0.933. The number of ether oxygens (including phenoxy) is 1. The fourth-order valence-corrected chi connectivity index (χ4v) is 3.15. The van der Waals surface area contributed by atoms with Crippen LogP contribution in [0.15, 0.2) is 0 Å². The molecule has 2 unspecified atom stereocenters. The summed E-state index contributed by atoms with van der Waals surface area (Å²) in [7, 11) is 2.06. The normalized spacial score (nSPS) is 25.1. The number of hydrogen-bond donors (Lipinski definition) is 1. The van der Waals surface area contributed by atoms with Crippen LogP contribution < -0.4 is 5.73 Å². The molecular formula is C15H29N3O2. The van der Waals surface area contributed by atoms with E-state index in [2.05, 4.69) is 11.9 Å². The van der Waals surface area contributed by atoms with Gasteiger partial charge >= 0.3 is 0 Å². The van der Waals surface area contributed by atoms with Gasteiger partial charge in [-0.2, -0.15) is 0 Å². The molecule has 2 rings (SSSR count). The van der Waals surface area contributed by atoms with E-state index in [4.69, 9.17) is 10.5 Å². The lowest BCUT2D eigenvalue weighted by atomic mass is 10.1. The summed E-state index contributed by atoms with van der Waals surface area (Å²) in [6.45, 7) is 4.13. The van der Waals surface area contributed by atoms with Gasteiger partial charge in [0.2, 0.25) is 5.91 Å². The quantitative estimate of drug-likeness (QED) is 0.784. The molecule has 2 N–H and O–H groups in total. The molecule has 2 atom stereocenters. The molecule has 0 radical (unpaired) electrons. The molecular weight excluding hydrogens is 254 g/mol. The fourth-order valence-electron chi connectivity index (χ4n) is 3.15. The third-order valence-corrected chi connectivity index (χ3v) is 4.53. The standard InChI is InChI=1S/C15H29N3O2/c1-17(12-14-6-5-9-20-14)13(11-16)10-15(19)18-7-3-2-4-8-18/h13-14H,2-12,16H2,1H3. The summed E-state index contributed by atoms with van der Waals surface area (Å²) < 4.78 is 5.66. The number of piperidine rings is 1. The van der Waals surface area contributed by atoms with E-state index >= 15 is 0 Å². The van der Waals surface area contributed by atoms with Crippen LogP contribution in [-0.4, -0.2) is 67.7 Å². The molecule has 0 saturated carbocycles. The van der Waals surface area contributed by atoms with Crippen molar-refractivity contribution in [3.63, 3.8) is 0 Å². The molecule has 20 heavy (non-hydrogen) atoms. The van der Waals surface area contributed by atoms with Crippen LogP contribution in [0, 0.1) is 0 Å². The van der Waals surface area contributed by atoms with Gasteiger partial charge in [0.1, 0.15) is 0 Å². The molecule has 0 spiro atoms. The van der Waals surface area contributed by atoms with Crippen LogP contribution >= 0.6 is 0 Å². The molecule has 0 aliphatic carbocycles. The minimum Gasteiger partial charge on any atom is -0.377 e. The van der Waals surface area contributed by atoms with E-state index in [-0.39, 0.29) is 11.9 Å². The zero-order chi connectivity index (χ0) is 14.4. The van der Waals surface area contributed by atoms with Gasteiger partial charge in [0.15, 0.2) is 0 Å². The molecule has 5 nitrogen and oxygen atoms in total. The molecule has 5 heteroatoms. The minimum atomic E-state index is 0.133. The number of nitrogens with zero attached hydrogens (tertiary/aromatic N) is 2. The van der Waals surface area contributed by atoms with E-state index in [1.165, 1.54) is 6.42 Å². The van der Waals surface area contributed by atoms with E-state index in [0.717, 1.165) is 51.9 Å². The lowest BCUT2D eigenvalue weighted by Crippen LogP contribution is -2.46. The Kier molecular flexibility index (Phi) is 6.26. The van der Waals surface area contributed by atoms with Gasteiger partial charge in [0, 0.05) is 45.2 Å². The second-order valence-electron chi connectivity index (χ2n) is 6.11. The zero-order valence-electron chi connectivity index (χ0n) is 12.7. The van der Waals surface area contributed by atoms with Crippen LogP contribution in [0.25, 0.3) is 0 Å². The third-order valence-electron chi connectivity index (χ3n) is 4.53. The van der Waals surface area contributed by atoms with E-state index in [1.54, 1.807) is 0 Å². The number of hydrogen-bond acceptors (Lipinski definition) is 4. The van der Waals surface area contributed by atoms with Crippen molar-refractivity contribution in [1.29, 1.82) is 0 Å². The van der Waals surface area contributed by atoms with Gasteiger partial charge in [0.05, 0.1) is 6.10 Å². The summed E-state index contributed by atoms with van der Waals surface area (Å²) in [5.74, 6) is 0.263. The summed E-state index contributed by atoms with van der Waals surface area (Å²) in [6, 6.07) is 0.133. The first-order chi connectivity index (χ1) is 9.70. The Morgan fingerprint density at radius 3 is 2.70 bits per heavy atom. The van der Waals surface area contributed by atoms with Crippen molar-refractivity contribution >= 4 is 5.91 Å². The number of nitrogens with two attached hydrogens (primary N) is 1. The van der Waals surface area contributed by atoms with E-state index < -0.39 is 0 Å². The minimum absolute atomic E-state index is 0.133. The molecule has 116 valence electrons. The summed E-state index contributed by atoms with van der Waals surface area (Å²) in [5.41, 5.74) is 5.87. The molecule has 0 aromatic heterocycles. The van der Waals surface area contributed by atoms with Gasteiger partial charge in [-0.05, 0) is 39.2 Å². The zero-order valence-corrected chi connectivity index (χ0v) is 12.7. The second kappa shape index (κ2) is 7.96. The molecule has 0 aromatic rings. The van der Waals surface area contributed by atoms with Crippen molar-refractivity contribution in [3.8, 4) is 0 Å². The van der Waals surface area contributed by atoms with Crippen molar-refractivity contribution < 1.29 is 9.53 Å². The topological polar surface area (TPSA) is 58.8 Å². The van der Waals surface area contributed by atoms with Gasteiger partial charge in [0.25, 0.3) is 0 Å². The Balaban J connectivity index is 1.78. The molecule has 1 amide bonds. The van der Waals surface area contributed by atoms with Gasteiger partial charge in [-0.1, -0.05) is 0 Å². The maximum Gasteiger partial charge on any atom is 0.224 e. The first-order valence-corrected chi connectivity index (χ1v) is 8.00. The number of likely N-dealkylation sites (N-methyl/N-ethyl adjacent to an activating group) is 1. The van der Waals surface area contributed by atoms with Gasteiger partial charge in [-0.15, -0.1) is 0 Å². The SMILES string of the molecule is CN(CC1CCCO1)C(CN)CC(=O)N1CCCCC1. The average Bonchev–Trinajstić information content (AvgIpc) is 2.98. The van der Waals surface area contributed by atoms with E-state index in [9.17, 15) is 4.79 Å². The molecule has 2 aliphatic heterocycles. The summed E-state index contributed by atoms with van der Waals surface area (Å²) in [5, 5.41) is 0. The highest BCUT2D eigenvalue weighted by Crippen LogP contribution is 2.16. The first-order valence-electron chi connectivity index (χ1n) is 8.00. The summed E-state index contributed by atoms with van der Waals surface area (Å²) in [4.78, 5) is 16.5. The predicted octanol–water partition coefficient (Wildman–Crippen LogP) is 0.827. The van der Waals surface area contributed by atoms with Gasteiger partial charge in [-0.25, -0.2) is 0 Å². The predicted molar refractivity (Wildman–Crippen MR) is 79.5 cm³/mol. The molecule has 2 aliphatic rings. The van der Waals surface area contributed by atoms with E-state index in [0.29, 0.717) is 19.1 Å². The highest BCUT2D eigenvalue weighted by atomic mass is 16.5. The van der Waals surface area contributed by atoms with Crippen LogP contribution in [0.3, 0.4) is 0 Å². The molecule has 0 aromatic carbocycles. The van der Waals surface area contributed by atoms with Crippen LogP contribution in [0.2, 0.25) is 0 Å². The lowest BCUT2D eigenvalue weighted by Gasteiger charge is -2.32. The van der Waals surface area contributed by atoms with Crippen LogP contribution in [-0.2, 0) is 9.53 Å².